The minimum Gasteiger partial charge on any atom is -0.487 e. The molecule has 2 N–H and O–H groups in total. The number of aryl methyl sites for hydroxylation is 1. The van der Waals surface area contributed by atoms with Gasteiger partial charge in [-0.3, -0.25) is 0 Å². The van der Waals surface area contributed by atoms with E-state index >= 15 is 0 Å². The van der Waals surface area contributed by atoms with Crippen molar-refractivity contribution in [1.82, 2.24) is 5.16 Å². The van der Waals surface area contributed by atoms with Crippen molar-refractivity contribution in [3.05, 3.63) is 47.3 Å². The number of hydrogen-bond donors (Lipinski definition) is 1. The summed E-state index contributed by atoms with van der Waals surface area (Å²) in [5, 5.41) is 3.87. The molecular formula is C14H18N2O2. The molecule has 0 saturated heterocycles. The van der Waals surface area contributed by atoms with Crippen molar-refractivity contribution in [2.24, 2.45) is 5.73 Å². The van der Waals surface area contributed by atoms with Crippen molar-refractivity contribution in [2.45, 2.75) is 32.9 Å². The van der Waals surface area contributed by atoms with Crippen LogP contribution in [0.1, 0.15) is 23.9 Å². The highest BCUT2D eigenvalue weighted by atomic mass is 16.5. The van der Waals surface area contributed by atoms with Crippen LogP contribution in [0.3, 0.4) is 0 Å². The van der Waals surface area contributed by atoms with Crippen LogP contribution in [0, 0.1) is 6.92 Å². The van der Waals surface area contributed by atoms with Crippen LogP contribution in [0.15, 0.2) is 34.9 Å². The summed E-state index contributed by atoms with van der Waals surface area (Å²) in [5.74, 6) is 1.62. The molecular weight excluding hydrogens is 228 g/mol. The number of aromatic nitrogens is 1. The molecule has 0 saturated carbocycles. The minimum absolute atomic E-state index is 0.176. The molecule has 2 rings (SSSR count). The summed E-state index contributed by atoms with van der Waals surface area (Å²) in [6, 6.07) is 10.0. The Morgan fingerprint density at radius 1 is 1.33 bits per heavy atom. The molecule has 0 aliphatic rings. The molecule has 96 valence electrons. The van der Waals surface area contributed by atoms with Crippen molar-refractivity contribution in [1.29, 1.82) is 0 Å². The second-order valence-corrected chi connectivity index (χ2v) is 4.54. The summed E-state index contributed by atoms with van der Waals surface area (Å²) in [6.45, 7) is 4.28. The summed E-state index contributed by atoms with van der Waals surface area (Å²) in [7, 11) is 0. The molecule has 4 nitrogen and oxygen atoms in total. The smallest absolute Gasteiger partial charge is 0.134 e. The molecule has 4 heteroatoms. The van der Waals surface area contributed by atoms with Gasteiger partial charge >= 0.3 is 0 Å². The van der Waals surface area contributed by atoms with Gasteiger partial charge in [0.2, 0.25) is 0 Å². The lowest BCUT2D eigenvalue weighted by molar-refractivity contribution is 0.288. The normalized spacial score (nSPS) is 12.4. The first-order valence-electron chi connectivity index (χ1n) is 6.03. The third-order valence-electron chi connectivity index (χ3n) is 2.54. The van der Waals surface area contributed by atoms with Gasteiger partial charge in [-0.25, -0.2) is 0 Å². The predicted octanol–water partition coefficient (Wildman–Crippen LogP) is 2.45. The average Bonchev–Trinajstić information content (AvgIpc) is 2.74. The van der Waals surface area contributed by atoms with Gasteiger partial charge in [0.05, 0.1) is 0 Å². The number of nitrogens with zero attached hydrogens (tertiary/aromatic N) is 1. The highest BCUT2D eigenvalue weighted by Crippen LogP contribution is 2.15. The number of nitrogens with two attached hydrogens (primary N) is 1. The highest BCUT2D eigenvalue weighted by Gasteiger charge is 2.02. The molecule has 1 atom stereocenters. The van der Waals surface area contributed by atoms with E-state index in [4.69, 9.17) is 15.0 Å². The Bertz CT molecular complexity index is 489. The number of benzene rings is 1. The van der Waals surface area contributed by atoms with Crippen molar-refractivity contribution in [3.63, 3.8) is 0 Å². The predicted molar refractivity (Wildman–Crippen MR) is 69.4 cm³/mol. The molecule has 18 heavy (non-hydrogen) atoms. The molecule has 0 fully saturated rings. The Morgan fingerprint density at radius 3 is 2.61 bits per heavy atom. The molecule has 1 aromatic carbocycles. The van der Waals surface area contributed by atoms with Crippen LogP contribution >= 0.6 is 0 Å². The van der Waals surface area contributed by atoms with E-state index in [1.165, 1.54) is 5.56 Å². The Morgan fingerprint density at radius 2 is 2.06 bits per heavy atom. The second-order valence-electron chi connectivity index (χ2n) is 4.54. The van der Waals surface area contributed by atoms with Gasteiger partial charge in [-0.1, -0.05) is 17.3 Å². The second kappa shape index (κ2) is 5.69. The first kappa shape index (κ1) is 12.6. The van der Waals surface area contributed by atoms with Crippen LogP contribution in [0.25, 0.3) is 0 Å². The van der Waals surface area contributed by atoms with Gasteiger partial charge in [-0.05, 0) is 38.0 Å². The largest absolute Gasteiger partial charge is 0.487 e. The Labute approximate surface area is 107 Å². The van der Waals surface area contributed by atoms with Gasteiger partial charge < -0.3 is 15.0 Å². The fraction of sp³-hybridized carbons (Fsp3) is 0.357. The molecule has 1 aromatic heterocycles. The van der Waals surface area contributed by atoms with E-state index in [1.807, 2.05) is 44.2 Å². The molecule has 0 spiro atoms. The lowest BCUT2D eigenvalue weighted by atomic mass is 10.1. The van der Waals surface area contributed by atoms with E-state index in [0.29, 0.717) is 6.61 Å². The number of rotatable bonds is 5. The molecule has 0 bridgehead atoms. The SMILES string of the molecule is Cc1cc(COc2ccc(CC(C)N)cc2)no1. The van der Waals surface area contributed by atoms with Crippen molar-refractivity contribution >= 4 is 0 Å². The van der Waals surface area contributed by atoms with E-state index in [2.05, 4.69) is 5.16 Å². The van der Waals surface area contributed by atoms with Gasteiger partial charge in [-0.15, -0.1) is 0 Å². The first-order chi connectivity index (χ1) is 8.63. The topological polar surface area (TPSA) is 61.3 Å². The highest BCUT2D eigenvalue weighted by molar-refractivity contribution is 5.27. The van der Waals surface area contributed by atoms with Crippen LogP contribution in [0.2, 0.25) is 0 Å². The standard InChI is InChI=1S/C14H18N2O2/c1-10(15)7-12-3-5-14(6-4-12)17-9-13-8-11(2)18-16-13/h3-6,8,10H,7,9,15H2,1-2H3. The summed E-state index contributed by atoms with van der Waals surface area (Å²) in [4.78, 5) is 0. The van der Waals surface area contributed by atoms with Gasteiger partial charge in [0.1, 0.15) is 23.8 Å². The summed E-state index contributed by atoms with van der Waals surface area (Å²) in [5.41, 5.74) is 7.77. The monoisotopic (exact) mass is 246 g/mol. The maximum absolute atomic E-state index is 5.75. The summed E-state index contributed by atoms with van der Waals surface area (Å²) < 4.78 is 10.6. The Balaban J connectivity index is 1.90. The van der Waals surface area contributed by atoms with Crippen molar-refractivity contribution in [2.75, 3.05) is 0 Å². The Hall–Kier alpha value is -1.81. The quantitative estimate of drug-likeness (QED) is 0.880. The number of ether oxygens (including phenoxy) is 1. The molecule has 0 radical (unpaired) electrons. The zero-order chi connectivity index (χ0) is 13.0. The van der Waals surface area contributed by atoms with Crippen LogP contribution in [0.5, 0.6) is 5.75 Å². The van der Waals surface area contributed by atoms with E-state index in [9.17, 15) is 0 Å². The molecule has 0 aliphatic carbocycles. The maximum Gasteiger partial charge on any atom is 0.134 e. The van der Waals surface area contributed by atoms with Crippen LogP contribution in [0.4, 0.5) is 0 Å². The van der Waals surface area contributed by atoms with Gasteiger partial charge in [0, 0.05) is 12.1 Å². The third-order valence-corrected chi connectivity index (χ3v) is 2.54. The lowest BCUT2D eigenvalue weighted by Gasteiger charge is -2.07. The molecule has 1 unspecified atom stereocenters. The molecule has 2 aromatic rings. The fourth-order valence-corrected chi connectivity index (χ4v) is 1.74. The minimum atomic E-state index is 0.176. The van der Waals surface area contributed by atoms with Crippen molar-refractivity contribution < 1.29 is 9.26 Å². The number of hydrogen-bond acceptors (Lipinski definition) is 4. The lowest BCUT2D eigenvalue weighted by Crippen LogP contribution is -2.17. The zero-order valence-electron chi connectivity index (χ0n) is 10.7. The van der Waals surface area contributed by atoms with E-state index in [0.717, 1.165) is 23.6 Å². The molecule has 0 aliphatic heterocycles. The van der Waals surface area contributed by atoms with E-state index in [-0.39, 0.29) is 6.04 Å². The third kappa shape index (κ3) is 3.60. The van der Waals surface area contributed by atoms with Gasteiger partial charge in [0.25, 0.3) is 0 Å². The Kier molecular flexibility index (Phi) is 3.99. The van der Waals surface area contributed by atoms with Crippen LogP contribution in [-0.2, 0) is 13.0 Å². The van der Waals surface area contributed by atoms with Crippen LogP contribution < -0.4 is 10.5 Å². The van der Waals surface area contributed by atoms with Crippen molar-refractivity contribution in [3.8, 4) is 5.75 Å². The first-order valence-corrected chi connectivity index (χ1v) is 6.03. The summed E-state index contributed by atoms with van der Waals surface area (Å²) in [6.07, 6.45) is 0.878. The van der Waals surface area contributed by atoms with Gasteiger partial charge in [-0.2, -0.15) is 0 Å². The van der Waals surface area contributed by atoms with Crippen LogP contribution in [-0.4, -0.2) is 11.2 Å². The fourth-order valence-electron chi connectivity index (χ4n) is 1.74. The zero-order valence-corrected chi connectivity index (χ0v) is 10.7. The molecule has 1 heterocycles. The molecule has 0 amide bonds. The van der Waals surface area contributed by atoms with E-state index < -0.39 is 0 Å². The van der Waals surface area contributed by atoms with E-state index in [1.54, 1.807) is 0 Å². The van der Waals surface area contributed by atoms with Gasteiger partial charge in [0.15, 0.2) is 0 Å². The summed E-state index contributed by atoms with van der Waals surface area (Å²) >= 11 is 0. The maximum atomic E-state index is 5.75. The average molecular weight is 246 g/mol.